The standard InChI is InChI=1S/C8H8Br2FNO.ClH/c9-4-1-2-5(10)8(13)7(4)6(12)3-11;/h1-2,6,13H,3,12H2;1H/t6-;/m0./s1. The Balaban J connectivity index is 0.00000169. The van der Waals surface area contributed by atoms with E-state index in [0.29, 0.717) is 14.5 Å². The fourth-order valence-electron chi connectivity index (χ4n) is 0.987. The second kappa shape index (κ2) is 5.90. The third kappa shape index (κ3) is 2.82. The van der Waals surface area contributed by atoms with Gasteiger partial charge in [-0.15, -0.1) is 12.4 Å². The first-order valence-electron chi connectivity index (χ1n) is 3.56. The normalized spacial score (nSPS) is 12.0. The van der Waals surface area contributed by atoms with Crippen LogP contribution in [0.2, 0.25) is 0 Å². The molecule has 0 saturated heterocycles. The lowest BCUT2D eigenvalue weighted by Gasteiger charge is -2.12. The molecule has 0 unspecified atom stereocenters. The van der Waals surface area contributed by atoms with E-state index < -0.39 is 12.7 Å². The van der Waals surface area contributed by atoms with Crippen molar-refractivity contribution in [1.82, 2.24) is 0 Å². The molecule has 0 bridgehead atoms. The van der Waals surface area contributed by atoms with Gasteiger partial charge in [-0.25, -0.2) is 4.39 Å². The van der Waals surface area contributed by atoms with Gasteiger partial charge in [0.2, 0.25) is 0 Å². The fraction of sp³-hybridized carbons (Fsp3) is 0.250. The lowest BCUT2D eigenvalue weighted by atomic mass is 10.1. The minimum Gasteiger partial charge on any atom is -0.506 e. The molecule has 0 aromatic heterocycles. The lowest BCUT2D eigenvalue weighted by molar-refractivity contribution is 0.412. The van der Waals surface area contributed by atoms with E-state index in [-0.39, 0.29) is 18.2 Å². The van der Waals surface area contributed by atoms with Crippen LogP contribution >= 0.6 is 44.3 Å². The van der Waals surface area contributed by atoms with Crippen LogP contribution in [0.25, 0.3) is 0 Å². The average Bonchev–Trinajstić information content (AvgIpc) is 2.12. The molecule has 80 valence electrons. The van der Waals surface area contributed by atoms with Crippen molar-refractivity contribution in [3.8, 4) is 5.75 Å². The van der Waals surface area contributed by atoms with E-state index >= 15 is 0 Å². The number of hydrogen-bond acceptors (Lipinski definition) is 2. The zero-order valence-electron chi connectivity index (χ0n) is 7.01. The van der Waals surface area contributed by atoms with Crippen molar-refractivity contribution in [2.45, 2.75) is 6.04 Å². The smallest absolute Gasteiger partial charge is 0.135 e. The van der Waals surface area contributed by atoms with Gasteiger partial charge in [0.25, 0.3) is 0 Å². The molecule has 1 aromatic rings. The third-order valence-electron chi connectivity index (χ3n) is 1.65. The van der Waals surface area contributed by atoms with Crippen molar-refractivity contribution >= 4 is 44.3 Å². The first-order valence-corrected chi connectivity index (χ1v) is 5.15. The number of alkyl halides is 1. The summed E-state index contributed by atoms with van der Waals surface area (Å²) in [5.74, 6) is -0.0143. The zero-order valence-corrected chi connectivity index (χ0v) is 11.0. The van der Waals surface area contributed by atoms with Crippen LogP contribution in [-0.2, 0) is 0 Å². The van der Waals surface area contributed by atoms with Gasteiger partial charge in [-0.3, -0.25) is 0 Å². The van der Waals surface area contributed by atoms with E-state index in [0.717, 1.165) is 0 Å². The zero-order chi connectivity index (χ0) is 10.0. The summed E-state index contributed by atoms with van der Waals surface area (Å²) < 4.78 is 13.4. The molecule has 1 rings (SSSR count). The minimum atomic E-state index is -0.799. The van der Waals surface area contributed by atoms with Gasteiger partial charge in [0, 0.05) is 10.0 Å². The van der Waals surface area contributed by atoms with Crippen LogP contribution in [-0.4, -0.2) is 11.8 Å². The summed E-state index contributed by atoms with van der Waals surface area (Å²) in [5.41, 5.74) is 5.86. The Morgan fingerprint density at radius 2 is 1.86 bits per heavy atom. The molecule has 0 saturated carbocycles. The molecule has 3 N–H and O–H groups in total. The van der Waals surface area contributed by atoms with Gasteiger partial charge in [-0.2, -0.15) is 0 Å². The maximum Gasteiger partial charge on any atom is 0.135 e. The number of phenolic OH excluding ortho intramolecular Hbond substituents is 1. The van der Waals surface area contributed by atoms with Crippen molar-refractivity contribution in [3.05, 3.63) is 26.6 Å². The molecule has 0 amide bonds. The summed E-state index contributed by atoms with van der Waals surface area (Å²) in [6.07, 6.45) is 0. The minimum absolute atomic E-state index is 0. The Hall–Kier alpha value is 0.160. The predicted octanol–water partition coefficient (Wildman–Crippen LogP) is 3.31. The maximum absolute atomic E-state index is 12.3. The molecule has 0 radical (unpaired) electrons. The summed E-state index contributed by atoms with van der Waals surface area (Å²) in [4.78, 5) is 0. The number of aromatic hydroxyl groups is 1. The Morgan fingerprint density at radius 3 is 2.36 bits per heavy atom. The fourth-order valence-corrected chi connectivity index (χ4v) is 1.95. The van der Waals surface area contributed by atoms with Crippen molar-refractivity contribution in [2.75, 3.05) is 6.67 Å². The van der Waals surface area contributed by atoms with E-state index in [9.17, 15) is 9.50 Å². The number of phenols is 1. The van der Waals surface area contributed by atoms with Gasteiger partial charge < -0.3 is 10.8 Å². The van der Waals surface area contributed by atoms with Crippen LogP contribution < -0.4 is 5.73 Å². The summed E-state index contributed by atoms with van der Waals surface area (Å²) >= 11 is 6.32. The van der Waals surface area contributed by atoms with E-state index in [2.05, 4.69) is 31.9 Å². The van der Waals surface area contributed by atoms with Crippen molar-refractivity contribution in [1.29, 1.82) is 0 Å². The molecular formula is C8H9Br2ClFNO. The van der Waals surface area contributed by atoms with E-state index in [1.54, 1.807) is 12.1 Å². The van der Waals surface area contributed by atoms with Gasteiger partial charge in [-0.05, 0) is 28.1 Å². The summed E-state index contributed by atoms with van der Waals surface area (Å²) in [6.45, 7) is -0.706. The highest BCUT2D eigenvalue weighted by atomic mass is 79.9. The van der Waals surface area contributed by atoms with Crippen molar-refractivity contribution in [3.63, 3.8) is 0 Å². The molecule has 14 heavy (non-hydrogen) atoms. The largest absolute Gasteiger partial charge is 0.506 e. The van der Waals surface area contributed by atoms with Crippen LogP contribution in [0.3, 0.4) is 0 Å². The van der Waals surface area contributed by atoms with E-state index in [1.165, 1.54) is 0 Å². The van der Waals surface area contributed by atoms with Gasteiger partial charge in [-0.1, -0.05) is 15.9 Å². The first-order chi connectivity index (χ1) is 6.07. The molecular weight excluding hydrogens is 340 g/mol. The molecule has 0 aliphatic carbocycles. The monoisotopic (exact) mass is 347 g/mol. The summed E-state index contributed by atoms with van der Waals surface area (Å²) in [5, 5.41) is 9.56. The van der Waals surface area contributed by atoms with Crippen LogP contribution in [0.5, 0.6) is 5.75 Å². The Labute approximate surface area is 104 Å². The van der Waals surface area contributed by atoms with Gasteiger partial charge >= 0.3 is 0 Å². The molecule has 0 heterocycles. The molecule has 0 aliphatic rings. The highest BCUT2D eigenvalue weighted by Gasteiger charge is 2.16. The second-order valence-corrected chi connectivity index (χ2v) is 4.26. The maximum atomic E-state index is 12.3. The van der Waals surface area contributed by atoms with Gasteiger partial charge in [0.15, 0.2) is 0 Å². The number of rotatable bonds is 2. The van der Waals surface area contributed by atoms with Gasteiger partial charge in [0.1, 0.15) is 12.4 Å². The van der Waals surface area contributed by atoms with E-state index in [4.69, 9.17) is 5.73 Å². The number of benzene rings is 1. The quantitative estimate of drug-likeness (QED) is 0.860. The van der Waals surface area contributed by atoms with Crippen LogP contribution in [0.1, 0.15) is 11.6 Å². The molecule has 0 fully saturated rings. The highest BCUT2D eigenvalue weighted by molar-refractivity contribution is 9.11. The average molecular weight is 349 g/mol. The number of hydrogen-bond donors (Lipinski definition) is 2. The summed E-state index contributed by atoms with van der Waals surface area (Å²) in [6, 6.07) is 2.56. The topological polar surface area (TPSA) is 46.2 Å². The second-order valence-electron chi connectivity index (χ2n) is 2.55. The highest BCUT2D eigenvalue weighted by Crippen LogP contribution is 2.36. The first kappa shape index (κ1) is 14.2. The lowest BCUT2D eigenvalue weighted by Crippen LogP contribution is -2.13. The number of nitrogens with two attached hydrogens (primary N) is 1. The molecule has 1 aromatic carbocycles. The van der Waals surface area contributed by atoms with Crippen molar-refractivity contribution < 1.29 is 9.50 Å². The predicted molar refractivity (Wildman–Crippen MR) is 63.7 cm³/mol. The van der Waals surface area contributed by atoms with Gasteiger partial charge in [0.05, 0.1) is 10.5 Å². The summed E-state index contributed by atoms with van der Waals surface area (Å²) in [7, 11) is 0. The third-order valence-corrected chi connectivity index (χ3v) is 2.98. The molecule has 0 aliphatic heterocycles. The van der Waals surface area contributed by atoms with Crippen LogP contribution in [0, 0.1) is 0 Å². The Morgan fingerprint density at radius 1 is 1.36 bits per heavy atom. The van der Waals surface area contributed by atoms with Crippen LogP contribution in [0.4, 0.5) is 4.39 Å². The van der Waals surface area contributed by atoms with E-state index in [1.807, 2.05) is 0 Å². The van der Waals surface area contributed by atoms with Crippen molar-refractivity contribution in [2.24, 2.45) is 5.73 Å². The Bertz CT molecular complexity index is 324. The molecule has 2 nitrogen and oxygen atoms in total. The molecule has 0 spiro atoms. The Kier molecular flexibility index (Phi) is 5.97. The molecule has 1 atom stereocenters. The van der Waals surface area contributed by atoms with Crippen LogP contribution in [0.15, 0.2) is 21.1 Å². The molecule has 6 heteroatoms. The SMILES string of the molecule is Cl.N[C@@H](CF)c1c(Br)ccc(Br)c1O. The number of halogens is 4.